The smallest absolute Gasteiger partial charge is 0.230 e. The summed E-state index contributed by atoms with van der Waals surface area (Å²) in [7, 11) is 0. The van der Waals surface area contributed by atoms with Gasteiger partial charge in [0.1, 0.15) is 0 Å². The number of thiazole rings is 1. The largest absolute Gasteiger partial charge is 0.331 e. The van der Waals surface area contributed by atoms with Crippen molar-refractivity contribution in [3.63, 3.8) is 0 Å². The zero-order valence-corrected chi connectivity index (χ0v) is 18.2. The highest BCUT2D eigenvalue weighted by atomic mass is 32.1. The van der Waals surface area contributed by atoms with E-state index in [1.807, 2.05) is 41.8 Å². The molecule has 31 heavy (non-hydrogen) atoms. The molecule has 0 spiro atoms. The minimum atomic E-state index is -0.132. The number of benzene rings is 1. The number of pyridine rings is 1. The van der Waals surface area contributed by atoms with E-state index in [1.165, 1.54) is 19.3 Å². The summed E-state index contributed by atoms with van der Waals surface area (Å²) in [6.45, 7) is 0. The standard InChI is InChI=1S/C25H26N4OS/c30-23(25-12-16-8-17(13-25)10-18(9-16)14-25)27-20-2-1-3-21(11-20)28-24-29-22(15-31-24)19-4-6-26-7-5-19/h1-7,11,15-18H,8-10,12-14H2,(H,27,30)(H,28,29). The Bertz CT molecular complexity index is 1070. The second kappa shape index (κ2) is 7.45. The molecular formula is C25H26N4OS. The van der Waals surface area contributed by atoms with Crippen LogP contribution in [0.3, 0.4) is 0 Å². The van der Waals surface area contributed by atoms with Crippen molar-refractivity contribution < 1.29 is 4.79 Å². The number of amides is 1. The van der Waals surface area contributed by atoms with Gasteiger partial charge < -0.3 is 10.6 Å². The molecular weight excluding hydrogens is 404 g/mol. The average molecular weight is 431 g/mol. The molecule has 3 aromatic rings. The Kier molecular flexibility index (Phi) is 4.56. The van der Waals surface area contributed by atoms with Crippen molar-refractivity contribution in [3.8, 4) is 11.3 Å². The average Bonchev–Trinajstić information content (AvgIpc) is 3.22. The fourth-order valence-corrected chi connectivity index (χ4v) is 7.18. The van der Waals surface area contributed by atoms with Crippen molar-refractivity contribution in [1.82, 2.24) is 9.97 Å². The van der Waals surface area contributed by atoms with Gasteiger partial charge in [-0.1, -0.05) is 6.07 Å². The lowest BCUT2D eigenvalue weighted by atomic mass is 9.49. The second-order valence-electron chi connectivity index (χ2n) is 9.63. The van der Waals surface area contributed by atoms with Crippen LogP contribution in [0.25, 0.3) is 11.3 Å². The van der Waals surface area contributed by atoms with Crippen molar-refractivity contribution in [1.29, 1.82) is 0 Å². The molecule has 0 atom stereocenters. The van der Waals surface area contributed by atoms with E-state index >= 15 is 0 Å². The molecule has 158 valence electrons. The summed E-state index contributed by atoms with van der Waals surface area (Å²) >= 11 is 1.57. The van der Waals surface area contributed by atoms with Crippen LogP contribution in [0.5, 0.6) is 0 Å². The molecule has 4 bridgehead atoms. The number of carbonyl (C=O) groups excluding carboxylic acids is 1. The molecule has 1 aromatic carbocycles. The first-order valence-electron chi connectivity index (χ1n) is 11.2. The van der Waals surface area contributed by atoms with Crippen LogP contribution >= 0.6 is 11.3 Å². The van der Waals surface area contributed by atoms with Gasteiger partial charge in [0, 0.05) is 34.7 Å². The van der Waals surface area contributed by atoms with E-state index in [9.17, 15) is 4.79 Å². The second-order valence-corrected chi connectivity index (χ2v) is 10.5. The molecule has 7 rings (SSSR count). The molecule has 1 amide bonds. The lowest BCUT2D eigenvalue weighted by Gasteiger charge is -2.55. The summed E-state index contributed by atoms with van der Waals surface area (Å²) in [6, 6.07) is 11.9. The first-order valence-corrected chi connectivity index (χ1v) is 12.1. The zero-order valence-electron chi connectivity index (χ0n) is 17.4. The maximum atomic E-state index is 13.3. The maximum Gasteiger partial charge on any atom is 0.230 e. The first-order chi connectivity index (χ1) is 15.1. The molecule has 4 saturated carbocycles. The van der Waals surface area contributed by atoms with Gasteiger partial charge in [-0.2, -0.15) is 0 Å². The van der Waals surface area contributed by atoms with E-state index in [1.54, 1.807) is 23.7 Å². The van der Waals surface area contributed by atoms with Gasteiger partial charge >= 0.3 is 0 Å². The highest BCUT2D eigenvalue weighted by Gasteiger charge is 2.54. The number of nitrogens with one attached hydrogen (secondary N) is 2. The van der Waals surface area contributed by atoms with Crippen LogP contribution in [0.15, 0.2) is 54.2 Å². The normalized spacial score (nSPS) is 28.5. The molecule has 0 aliphatic heterocycles. The van der Waals surface area contributed by atoms with Crippen LogP contribution in [0, 0.1) is 23.2 Å². The number of anilines is 3. The molecule has 4 aliphatic rings. The highest BCUT2D eigenvalue weighted by Crippen LogP contribution is 2.60. The Labute approximate surface area is 186 Å². The van der Waals surface area contributed by atoms with Crippen molar-refractivity contribution in [2.24, 2.45) is 23.2 Å². The monoisotopic (exact) mass is 430 g/mol. The van der Waals surface area contributed by atoms with Gasteiger partial charge in [0.15, 0.2) is 5.13 Å². The van der Waals surface area contributed by atoms with Gasteiger partial charge in [-0.25, -0.2) is 4.98 Å². The van der Waals surface area contributed by atoms with E-state index in [0.29, 0.717) is 0 Å². The Morgan fingerprint density at radius 1 is 0.968 bits per heavy atom. The Hall–Kier alpha value is -2.73. The number of nitrogens with zero attached hydrogens (tertiary/aromatic N) is 2. The molecule has 2 heterocycles. The summed E-state index contributed by atoms with van der Waals surface area (Å²) in [6.07, 6.45) is 10.8. The van der Waals surface area contributed by atoms with Crippen molar-refractivity contribution >= 4 is 33.8 Å². The van der Waals surface area contributed by atoms with Gasteiger partial charge in [0.05, 0.1) is 11.1 Å². The molecule has 0 radical (unpaired) electrons. The van der Waals surface area contributed by atoms with Gasteiger partial charge in [0.25, 0.3) is 0 Å². The number of rotatable bonds is 5. The zero-order chi connectivity index (χ0) is 20.8. The number of hydrogen-bond donors (Lipinski definition) is 2. The summed E-state index contributed by atoms with van der Waals surface area (Å²) in [5.41, 5.74) is 3.64. The number of carbonyl (C=O) groups is 1. The lowest BCUT2D eigenvalue weighted by Crippen LogP contribution is -2.51. The third kappa shape index (κ3) is 3.63. The molecule has 6 heteroatoms. The van der Waals surface area contributed by atoms with Gasteiger partial charge in [-0.3, -0.25) is 9.78 Å². The van der Waals surface area contributed by atoms with E-state index in [0.717, 1.165) is 64.8 Å². The first kappa shape index (κ1) is 19.0. The van der Waals surface area contributed by atoms with E-state index in [-0.39, 0.29) is 11.3 Å². The van der Waals surface area contributed by atoms with Crippen molar-refractivity contribution in [2.75, 3.05) is 10.6 Å². The number of aromatic nitrogens is 2. The molecule has 2 N–H and O–H groups in total. The third-order valence-corrected chi connectivity index (χ3v) is 8.13. The fourth-order valence-electron chi connectivity index (χ4n) is 6.44. The molecule has 0 saturated heterocycles. The quantitative estimate of drug-likeness (QED) is 0.513. The summed E-state index contributed by atoms with van der Waals surface area (Å²) in [4.78, 5) is 22.1. The Morgan fingerprint density at radius 2 is 1.65 bits per heavy atom. The van der Waals surface area contributed by atoms with E-state index in [2.05, 4.69) is 20.6 Å². The highest BCUT2D eigenvalue weighted by molar-refractivity contribution is 7.14. The van der Waals surface area contributed by atoms with Crippen LogP contribution in [-0.2, 0) is 4.79 Å². The Balaban J connectivity index is 1.16. The predicted molar refractivity (Wildman–Crippen MR) is 124 cm³/mol. The molecule has 4 fully saturated rings. The molecule has 0 unspecified atom stereocenters. The Morgan fingerprint density at radius 3 is 2.35 bits per heavy atom. The summed E-state index contributed by atoms with van der Waals surface area (Å²) in [5.74, 6) is 2.54. The van der Waals surface area contributed by atoms with Crippen LogP contribution in [0.2, 0.25) is 0 Å². The molecule has 2 aromatic heterocycles. The van der Waals surface area contributed by atoms with Crippen LogP contribution in [0.1, 0.15) is 38.5 Å². The van der Waals surface area contributed by atoms with Crippen LogP contribution < -0.4 is 10.6 Å². The predicted octanol–water partition coefficient (Wildman–Crippen LogP) is 6.10. The van der Waals surface area contributed by atoms with E-state index in [4.69, 9.17) is 0 Å². The van der Waals surface area contributed by atoms with Gasteiger partial charge in [-0.05, 0) is 86.6 Å². The third-order valence-electron chi connectivity index (χ3n) is 7.37. The lowest BCUT2D eigenvalue weighted by molar-refractivity contribution is -0.140. The molecule has 5 nitrogen and oxygen atoms in total. The topological polar surface area (TPSA) is 66.9 Å². The van der Waals surface area contributed by atoms with Gasteiger partial charge in [-0.15, -0.1) is 11.3 Å². The van der Waals surface area contributed by atoms with E-state index < -0.39 is 0 Å². The minimum Gasteiger partial charge on any atom is -0.331 e. The van der Waals surface area contributed by atoms with Crippen molar-refractivity contribution in [3.05, 3.63) is 54.2 Å². The SMILES string of the molecule is O=C(Nc1cccc(Nc2nc(-c3ccncc3)cs2)c1)C12CC3CC(CC(C3)C1)C2. The van der Waals surface area contributed by atoms with Crippen LogP contribution in [0.4, 0.5) is 16.5 Å². The van der Waals surface area contributed by atoms with Crippen LogP contribution in [-0.4, -0.2) is 15.9 Å². The fraction of sp³-hybridized carbons (Fsp3) is 0.400. The minimum absolute atomic E-state index is 0.132. The maximum absolute atomic E-state index is 13.3. The van der Waals surface area contributed by atoms with Gasteiger partial charge in [0.2, 0.25) is 5.91 Å². The number of hydrogen-bond acceptors (Lipinski definition) is 5. The van der Waals surface area contributed by atoms with Crippen molar-refractivity contribution in [2.45, 2.75) is 38.5 Å². The molecule has 4 aliphatic carbocycles. The summed E-state index contributed by atoms with van der Waals surface area (Å²) < 4.78 is 0. The summed E-state index contributed by atoms with van der Waals surface area (Å²) in [5, 5.41) is 9.50.